The van der Waals surface area contributed by atoms with E-state index in [9.17, 15) is 14.3 Å². The van der Waals surface area contributed by atoms with Gasteiger partial charge in [0, 0.05) is 5.56 Å². The number of aliphatic hydroxyl groups is 1. The predicted octanol–water partition coefficient (Wildman–Crippen LogP) is 3.84. The predicted molar refractivity (Wildman–Crippen MR) is 103 cm³/mol. The molecule has 0 bridgehead atoms. The fourth-order valence-electron chi connectivity index (χ4n) is 3.16. The van der Waals surface area contributed by atoms with E-state index in [4.69, 9.17) is 9.57 Å². The third kappa shape index (κ3) is 4.22. The third-order valence-corrected chi connectivity index (χ3v) is 4.49. The van der Waals surface area contributed by atoms with Gasteiger partial charge in [0.05, 0.1) is 5.92 Å². The van der Waals surface area contributed by atoms with Crippen LogP contribution >= 0.6 is 0 Å². The Morgan fingerprint density at radius 2 is 1.82 bits per heavy atom. The van der Waals surface area contributed by atoms with Crippen LogP contribution in [-0.2, 0) is 20.8 Å². The van der Waals surface area contributed by atoms with Crippen LogP contribution in [0.4, 0.5) is 4.39 Å². The van der Waals surface area contributed by atoms with Crippen molar-refractivity contribution in [3.63, 3.8) is 0 Å². The van der Waals surface area contributed by atoms with E-state index >= 15 is 0 Å². The normalized spacial score (nSPS) is 21.8. The molecule has 5 nitrogen and oxygen atoms in total. The van der Waals surface area contributed by atoms with Gasteiger partial charge in [-0.2, -0.15) is 0 Å². The Balaban J connectivity index is 1.92. The van der Waals surface area contributed by atoms with Gasteiger partial charge in [0.1, 0.15) is 17.1 Å². The maximum absolute atomic E-state index is 14.4. The van der Waals surface area contributed by atoms with Crippen LogP contribution in [0.2, 0.25) is 0 Å². The molecule has 1 aliphatic rings. The summed E-state index contributed by atoms with van der Waals surface area (Å²) in [6.07, 6.45) is 0.875. The topological polar surface area (TPSA) is 68.1 Å². The molecule has 6 heteroatoms. The summed E-state index contributed by atoms with van der Waals surface area (Å²) in [4.78, 5) is 17.9. The smallest absolute Gasteiger partial charge is 0.383 e. The first-order valence-corrected chi connectivity index (χ1v) is 9.21. The van der Waals surface area contributed by atoms with Crippen LogP contribution in [0.25, 0.3) is 0 Å². The molecule has 3 rings (SSSR count). The number of benzene rings is 2. The van der Waals surface area contributed by atoms with Crippen LogP contribution in [0.3, 0.4) is 0 Å². The van der Waals surface area contributed by atoms with E-state index in [0.717, 1.165) is 5.56 Å². The summed E-state index contributed by atoms with van der Waals surface area (Å²) in [6, 6.07) is 15.7. The van der Waals surface area contributed by atoms with E-state index in [1.54, 1.807) is 39.0 Å². The van der Waals surface area contributed by atoms with Gasteiger partial charge in [0.25, 0.3) is 0 Å². The summed E-state index contributed by atoms with van der Waals surface area (Å²) < 4.78 is 19.7. The first-order valence-electron chi connectivity index (χ1n) is 9.21. The van der Waals surface area contributed by atoms with Gasteiger partial charge >= 0.3 is 11.8 Å². The van der Waals surface area contributed by atoms with Crippen molar-refractivity contribution in [2.45, 2.75) is 45.0 Å². The maximum Gasteiger partial charge on any atom is 0.383 e. The first-order chi connectivity index (χ1) is 13.2. The molecule has 0 saturated heterocycles. The minimum absolute atomic E-state index is 0.194. The van der Waals surface area contributed by atoms with Gasteiger partial charge < -0.3 is 14.7 Å². The van der Waals surface area contributed by atoms with Gasteiger partial charge in [0.15, 0.2) is 0 Å². The fourth-order valence-corrected chi connectivity index (χ4v) is 3.16. The minimum atomic E-state index is -2.31. The molecule has 0 saturated carbocycles. The number of halogens is 1. The lowest BCUT2D eigenvalue weighted by atomic mass is 9.84. The monoisotopic (exact) mass is 385 g/mol. The number of aryl methyl sites for hydroxylation is 1. The van der Waals surface area contributed by atoms with E-state index in [-0.39, 0.29) is 11.3 Å². The Morgan fingerprint density at radius 1 is 1.18 bits per heavy atom. The van der Waals surface area contributed by atoms with E-state index < -0.39 is 29.1 Å². The summed E-state index contributed by atoms with van der Waals surface area (Å²) in [5.74, 6) is -4.62. The summed E-state index contributed by atoms with van der Waals surface area (Å²) in [6.45, 7) is 5.09. The number of hydrogen-bond acceptors (Lipinski definition) is 5. The van der Waals surface area contributed by atoms with Crippen molar-refractivity contribution in [2.24, 2.45) is 11.1 Å². The number of nitrogens with zero attached hydrogens (tertiary/aromatic N) is 1. The molecule has 0 unspecified atom stereocenters. The first kappa shape index (κ1) is 20.0. The highest BCUT2D eigenvalue weighted by molar-refractivity contribution is 6.06. The molecular weight excluding hydrogens is 361 g/mol. The second-order valence-electron chi connectivity index (χ2n) is 7.82. The Morgan fingerprint density at radius 3 is 2.46 bits per heavy atom. The number of rotatable bonds is 5. The van der Waals surface area contributed by atoms with Crippen molar-refractivity contribution in [1.29, 1.82) is 0 Å². The van der Waals surface area contributed by atoms with Crippen LogP contribution in [0.5, 0.6) is 0 Å². The fraction of sp³-hybridized carbons (Fsp3) is 0.364. The van der Waals surface area contributed by atoms with Gasteiger partial charge in [-0.1, -0.05) is 53.7 Å². The molecule has 1 heterocycles. The molecule has 2 aromatic carbocycles. The molecule has 2 atom stereocenters. The van der Waals surface area contributed by atoms with Crippen LogP contribution in [0, 0.1) is 11.7 Å². The second-order valence-corrected chi connectivity index (χ2v) is 7.82. The molecule has 1 N–H and O–H groups in total. The standard InChI is InChI=1S/C22H24FNO4/c1-21(2,3)27-20(25)22(26)17(14-13-15-9-5-4-6-10-15)19(24-28-22)16-11-7-8-12-18(16)23/h4-12,17,26H,13-14H2,1-3H3/t17-,22-/m0/s1. The van der Waals surface area contributed by atoms with Gasteiger partial charge in [-0.3, -0.25) is 0 Å². The molecule has 0 fully saturated rings. The van der Waals surface area contributed by atoms with Crippen molar-refractivity contribution in [3.05, 3.63) is 71.5 Å². The number of oxime groups is 1. The summed E-state index contributed by atoms with van der Waals surface area (Å²) in [7, 11) is 0. The SMILES string of the molecule is CC(C)(C)OC(=O)[C@@]1(O)ON=C(c2ccccc2F)[C@@H]1CCc1ccccc1. The number of carbonyl (C=O) groups excluding carboxylic acids is 1. The van der Waals surface area contributed by atoms with E-state index in [0.29, 0.717) is 12.8 Å². The van der Waals surface area contributed by atoms with Crippen molar-refractivity contribution >= 4 is 11.7 Å². The van der Waals surface area contributed by atoms with Gasteiger partial charge in [-0.15, -0.1) is 0 Å². The summed E-state index contributed by atoms with van der Waals surface area (Å²) in [5, 5.41) is 14.9. The van der Waals surface area contributed by atoms with Crippen molar-refractivity contribution in [3.8, 4) is 0 Å². The molecule has 0 radical (unpaired) electrons. The van der Waals surface area contributed by atoms with Gasteiger partial charge in [0.2, 0.25) is 0 Å². The Bertz CT molecular complexity index is 876. The Labute approximate surface area is 163 Å². The van der Waals surface area contributed by atoms with Gasteiger partial charge in [-0.25, -0.2) is 9.18 Å². The number of esters is 1. The molecule has 2 aromatic rings. The highest BCUT2D eigenvalue weighted by atomic mass is 19.1. The molecule has 28 heavy (non-hydrogen) atoms. The zero-order chi connectivity index (χ0) is 20.4. The molecular formula is C22H24FNO4. The molecule has 148 valence electrons. The number of hydrogen-bond donors (Lipinski definition) is 1. The van der Waals surface area contributed by atoms with Crippen molar-refractivity contribution in [1.82, 2.24) is 0 Å². The minimum Gasteiger partial charge on any atom is -0.455 e. The number of carbonyl (C=O) groups is 1. The summed E-state index contributed by atoms with van der Waals surface area (Å²) >= 11 is 0. The molecule has 0 aromatic heterocycles. The zero-order valence-corrected chi connectivity index (χ0v) is 16.2. The quantitative estimate of drug-likeness (QED) is 0.794. The lowest BCUT2D eigenvalue weighted by Gasteiger charge is -2.29. The van der Waals surface area contributed by atoms with E-state index in [1.165, 1.54) is 6.07 Å². The Kier molecular flexibility index (Phi) is 5.52. The van der Waals surface area contributed by atoms with Crippen LogP contribution < -0.4 is 0 Å². The van der Waals surface area contributed by atoms with Crippen LogP contribution in [-0.4, -0.2) is 28.2 Å². The maximum atomic E-state index is 14.4. The van der Waals surface area contributed by atoms with Crippen molar-refractivity contribution in [2.75, 3.05) is 0 Å². The highest BCUT2D eigenvalue weighted by Crippen LogP contribution is 2.36. The molecule has 0 aliphatic carbocycles. The lowest BCUT2D eigenvalue weighted by molar-refractivity contribution is -0.239. The van der Waals surface area contributed by atoms with Crippen LogP contribution in [0.1, 0.15) is 38.3 Å². The zero-order valence-electron chi connectivity index (χ0n) is 16.2. The number of ether oxygens (including phenoxy) is 1. The molecule has 0 amide bonds. The molecule has 0 spiro atoms. The largest absolute Gasteiger partial charge is 0.455 e. The average molecular weight is 385 g/mol. The van der Waals surface area contributed by atoms with Gasteiger partial charge in [-0.05, 0) is 45.2 Å². The second kappa shape index (κ2) is 7.72. The highest BCUT2D eigenvalue weighted by Gasteiger charge is 2.56. The van der Waals surface area contributed by atoms with Crippen molar-refractivity contribution < 1.29 is 23.9 Å². The lowest BCUT2D eigenvalue weighted by Crippen LogP contribution is -2.50. The molecule has 1 aliphatic heterocycles. The van der Waals surface area contributed by atoms with E-state index in [1.807, 2.05) is 30.3 Å². The van der Waals surface area contributed by atoms with Crippen LogP contribution in [0.15, 0.2) is 59.8 Å². The summed E-state index contributed by atoms with van der Waals surface area (Å²) in [5.41, 5.74) is 0.595. The third-order valence-electron chi connectivity index (χ3n) is 4.49. The average Bonchev–Trinajstić information content (AvgIpc) is 2.98. The van der Waals surface area contributed by atoms with E-state index in [2.05, 4.69) is 5.16 Å². The Hall–Kier alpha value is -2.73.